The van der Waals surface area contributed by atoms with Gasteiger partial charge in [-0.1, -0.05) is 12.1 Å². The number of ether oxygens (including phenoxy) is 2. The third-order valence-corrected chi connectivity index (χ3v) is 6.46. The van der Waals surface area contributed by atoms with Crippen molar-refractivity contribution in [1.29, 1.82) is 0 Å². The van der Waals surface area contributed by atoms with E-state index in [2.05, 4.69) is 9.55 Å². The topological polar surface area (TPSA) is 73.7 Å². The summed E-state index contributed by atoms with van der Waals surface area (Å²) in [4.78, 5) is 4.76. The van der Waals surface area contributed by atoms with Crippen LogP contribution in [0.3, 0.4) is 0 Å². The highest BCUT2D eigenvalue weighted by Gasteiger charge is 2.30. The van der Waals surface area contributed by atoms with Gasteiger partial charge in [0.15, 0.2) is 11.5 Å². The lowest BCUT2D eigenvalue weighted by molar-refractivity contribution is 0.337. The van der Waals surface area contributed by atoms with Crippen LogP contribution in [0.4, 0.5) is 0 Å². The molecule has 26 heavy (non-hydrogen) atoms. The standard InChI is InChI=1S/C18H19N3O4S/c1-24-16-8-7-13(11-17(16)25-2)26(22,23)20-9-10-21-15-6-4-3-5-14(15)19-18(21)12-20/h3-8,11H,9-10,12H2,1-2H3. The van der Waals surface area contributed by atoms with Crippen molar-refractivity contribution >= 4 is 21.1 Å². The van der Waals surface area contributed by atoms with Crippen LogP contribution in [0.25, 0.3) is 11.0 Å². The van der Waals surface area contributed by atoms with Gasteiger partial charge in [-0.2, -0.15) is 4.31 Å². The average molecular weight is 373 g/mol. The number of hydrogen-bond acceptors (Lipinski definition) is 5. The maximum absolute atomic E-state index is 13.1. The van der Waals surface area contributed by atoms with Crippen molar-refractivity contribution in [2.45, 2.75) is 18.0 Å². The Morgan fingerprint density at radius 3 is 2.54 bits per heavy atom. The second kappa shape index (κ2) is 6.30. The summed E-state index contributed by atoms with van der Waals surface area (Å²) in [5, 5.41) is 0. The minimum atomic E-state index is -3.66. The van der Waals surface area contributed by atoms with Crippen LogP contribution in [-0.2, 0) is 23.1 Å². The van der Waals surface area contributed by atoms with Crippen molar-refractivity contribution in [1.82, 2.24) is 13.9 Å². The van der Waals surface area contributed by atoms with Crippen LogP contribution in [0.2, 0.25) is 0 Å². The molecule has 0 atom stereocenters. The van der Waals surface area contributed by atoms with Crippen LogP contribution in [-0.4, -0.2) is 43.0 Å². The number of methoxy groups -OCH3 is 2. The summed E-state index contributed by atoms with van der Waals surface area (Å²) < 4.78 is 40.1. The molecule has 7 nitrogen and oxygen atoms in total. The summed E-state index contributed by atoms with van der Waals surface area (Å²) in [6.45, 7) is 1.21. The Balaban J connectivity index is 1.69. The molecule has 3 aromatic rings. The number of aromatic nitrogens is 2. The minimum absolute atomic E-state index is 0.180. The Morgan fingerprint density at radius 2 is 1.77 bits per heavy atom. The van der Waals surface area contributed by atoms with Crippen LogP contribution < -0.4 is 9.47 Å². The van der Waals surface area contributed by atoms with Crippen molar-refractivity contribution in [3.05, 3.63) is 48.3 Å². The molecule has 1 aliphatic rings. The van der Waals surface area contributed by atoms with E-state index in [1.165, 1.54) is 30.7 Å². The van der Waals surface area contributed by atoms with E-state index < -0.39 is 10.0 Å². The van der Waals surface area contributed by atoms with Gasteiger partial charge in [-0.25, -0.2) is 13.4 Å². The van der Waals surface area contributed by atoms with Crippen LogP contribution in [0.1, 0.15) is 5.82 Å². The fourth-order valence-corrected chi connectivity index (χ4v) is 4.68. The van der Waals surface area contributed by atoms with Crippen molar-refractivity contribution < 1.29 is 17.9 Å². The molecule has 0 spiro atoms. The van der Waals surface area contributed by atoms with Gasteiger partial charge in [-0.15, -0.1) is 0 Å². The van der Waals surface area contributed by atoms with Crippen molar-refractivity contribution in [3.8, 4) is 11.5 Å². The summed E-state index contributed by atoms with van der Waals surface area (Å²) in [5.74, 6) is 1.63. The summed E-state index contributed by atoms with van der Waals surface area (Å²) in [6.07, 6.45) is 0. The molecule has 0 fully saturated rings. The number of imidazole rings is 1. The maximum Gasteiger partial charge on any atom is 0.243 e. The van der Waals surface area contributed by atoms with Gasteiger partial charge in [-0.3, -0.25) is 0 Å². The monoisotopic (exact) mass is 373 g/mol. The van der Waals surface area contributed by atoms with Gasteiger partial charge in [0.1, 0.15) is 5.82 Å². The molecule has 2 heterocycles. The molecule has 8 heteroatoms. The number of sulfonamides is 1. The number of hydrogen-bond donors (Lipinski definition) is 0. The molecule has 0 N–H and O–H groups in total. The minimum Gasteiger partial charge on any atom is -0.493 e. The molecule has 1 aromatic heterocycles. The molecular weight excluding hydrogens is 354 g/mol. The highest BCUT2D eigenvalue weighted by Crippen LogP contribution is 2.32. The predicted molar refractivity (Wildman–Crippen MR) is 96.9 cm³/mol. The first-order valence-electron chi connectivity index (χ1n) is 8.21. The van der Waals surface area contributed by atoms with E-state index >= 15 is 0 Å². The Kier molecular flexibility index (Phi) is 4.08. The van der Waals surface area contributed by atoms with Gasteiger partial charge in [0, 0.05) is 19.2 Å². The Morgan fingerprint density at radius 1 is 1.00 bits per heavy atom. The predicted octanol–water partition coefficient (Wildman–Crippen LogP) is 2.26. The molecule has 0 bridgehead atoms. The van der Waals surface area contributed by atoms with E-state index in [0.717, 1.165) is 16.9 Å². The highest BCUT2D eigenvalue weighted by molar-refractivity contribution is 7.89. The fourth-order valence-electron chi connectivity index (χ4n) is 3.28. The number of rotatable bonds is 4. The summed E-state index contributed by atoms with van der Waals surface area (Å²) in [5.41, 5.74) is 1.92. The molecule has 0 saturated carbocycles. The SMILES string of the molecule is COc1ccc(S(=O)(=O)N2CCn3c(nc4ccccc43)C2)cc1OC. The van der Waals surface area contributed by atoms with Gasteiger partial charge >= 0.3 is 0 Å². The zero-order chi connectivity index (χ0) is 18.3. The Bertz CT molecular complexity index is 1080. The van der Waals surface area contributed by atoms with Gasteiger partial charge < -0.3 is 14.0 Å². The highest BCUT2D eigenvalue weighted by atomic mass is 32.2. The van der Waals surface area contributed by atoms with Crippen molar-refractivity contribution in [2.24, 2.45) is 0 Å². The van der Waals surface area contributed by atoms with Crippen molar-refractivity contribution in [3.63, 3.8) is 0 Å². The average Bonchev–Trinajstić information content (AvgIpc) is 3.05. The molecule has 1 aliphatic heterocycles. The first-order chi connectivity index (χ1) is 12.5. The molecule has 0 saturated heterocycles. The molecule has 4 rings (SSSR count). The molecule has 0 unspecified atom stereocenters. The van der Waals surface area contributed by atoms with Gasteiger partial charge in [0.05, 0.1) is 36.7 Å². The lowest BCUT2D eigenvalue weighted by Crippen LogP contribution is -2.38. The van der Waals surface area contributed by atoms with Crippen LogP contribution in [0, 0.1) is 0 Å². The Hall–Kier alpha value is -2.58. The summed E-state index contributed by atoms with van der Waals surface area (Å²) >= 11 is 0. The zero-order valence-corrected chi connectivity index (χ0v) is 15.4. The largest absolute Gasteiger partial charge is 0.493 e. The molecule has 0 radical (unpaired) electrons. The first-order valence-corrected chi connectivity index (χ1v) is 9.65. The second-order valence-corrected chi connectivity index (χ2v) is 7.96. The number of fused-ring (bicyclic) bond motifs is 3. The Labute approximate surface area is 151 Å². The third kappa shape index (κ3) is 2.62. The third-order valence-electron chi connectivity index (χ3n) is 4.62. The van der Waals surface area contributed by atoms with E-state index in [9.17, 15) is 8.42 Å². The summed E-state index contributed by atoms with van der Waals surface area (Å²) in [6, 6.07) is 12.5. The van der Waals surface area contributed by atoms with Gasteiger partial charge in [0.2, 0.25) is 10.0 Å². The lowest BCUT2D eigenvalue weighted by Gasteiger charge is -2.27. The molecule has 0 amide bonds. The van der Waals surface area contributed by atoms with Crippen LogP contribution in [0.15, 0.2) is 47.4 Å². The molecular formula is C18H19N3O4S. The fraction of sp³-hybridized carbons (Fsp3) is 0.278. The van der Waals surface area contributed by atoms with Crippen molar-refractivity contribution in [2.75, 3.05) is 20.8 Å². The number of para-hydroxylation sites is 2. The van der Waals surface area contributed by atoms with Crippen LogP contribution >= 0.6 is 0 Å². The van der Waals surface area contributed by atoms with E-state index in [1.807, 2.05) is 24.3 Å². The smallest absolute Gasteiger partial charge is 0.243 e. The number of benzene rings is 2. The quantitative estimate of drug-likeness (QED) is 0.701. The van der Waals surface area contributed by atoms with E-state index in [0.29, 0.717) is 24.6 Å². The first kappa shape index (κ1) is 16.9. The normalized spacial score (nSPS) is 15.0. The maximum atomic E-state index is 13.1. The zero-order valence-electron chi connectivity index (χ0n) is 14.5. The molecule has 0 aliphatic carbocycles. The van der Waals surface area contributed by atoms with E-state index in [1.54, 1.807) is 6.07 Å². The molecule has 136 valence electrons. The van der Waals surface area contributed by atoms with E-state index in [-0.39, 0.29) is 11.4 Å². The van der Waals surface area contributed by atoms with Gasteiger partial charge in [-0.05, 0) is 24.3 Å². The van der Waals surface area contributed by atoms with Crippen LogP contribution in [0.5, 0.6) is 11.5 Å². The summed E-state index contributed by atoms with van der Waals surface area (Å²) in [7, 11) is -0.657. The molecule has 2 aromatic carbocycles. The number of nitrogens with zero attached hydrogens (tertiary/aromatic N) is 3. The lowest BCUT2D eigenvalue weighted by atomic mass is 10.3. The van der Waals surface area contributed by atoms with Gasteiger partial charge in [0.25, 0.3) is 0 Å². The van der Waals surface area contributed by atoms with E-state index in [4.69, 9.17) is 9.47 Å². The second-order valence-electron chi connectivity index (χ2n) is 6.02.